The monoisotopic (exact) mass is 779 g/mol. The van der Waals surface area contributed by atoms with Gasteiger partial charge in [-0.15, -0.1) is 9.42 Å². The third kappa shape index (κ3) is 11.0. The van der Waals surface area contributed by atoms with Crippen LogP contribution in [0.4, 0.5) is 8.78 Å². The first-order chi connectivity index (χ1) is 23.2. The number of halogens is 3. The molecular weight excluding hydrogens is 745 g/mol. The van der Waals surface area contributed by atoms with Gasteiger partial charge >= 0.3 is 27.6 Å². The van der Waals surface area contributed by atoms with Gasteiger partial charge in [-0.1, -0.05) is 33.4 Å². The number of para-hydroxylation sites is 1. The summed E-state index contributed by atoms with van der Waals surface area (Å²) in [4.78, 5) is 66.7. The lowest BCUT2D eigenvalue weighted by Crippen LogP contribution is -2.44. The lowest BCUT2D eigenvalue weighted by Gasteiger charge is -2.22. The van der Waals surface area contributed by atoms with Crippen LogP contribution in [-0.2, 0) is 32.7 Å². The van der Waals surface area contributed by atoms with Crippen molar-refractivity contribution in [1.29, 1.82) is 0 Å². The van der Waals surface area contributed by atoms with Gasteiger partial charge in [0.2, 0.25) is 11.7 Å². The number of nitrogens with zero attached hydrogens (tertiary/aromatic N) is 1. The number of ether oxygens (including phenoxy) is 2. The van der Waals surface area contributed by atoms with Crippen LogP contribution < -0.4 is 21.1 Å². The maximum Gasteiger partial charge on any atom is 0.695 e. The number of imide groups is 1. The maximum absolute atomic E-state index is 13.2. The number of aromatic nitrogens is 2. The molecule has 5 heterocycles. The zero-order valence-corrected chi connectivity index (χ0v) is 28.8. The van der Waals surface area contributed by atoms with Crippen molar-refractivity contribution in [1.82, 2.24) is 14.9 Å². The van der Waals surface area contributed by atoms with E-state index in [0.29, 0.717) is 24.2 Å². The van der Waals surface area contributed by atoms with Crippen LogP contribution in [0, 0.1) is 11.7 Å². The van der Waals surface area contributed by atoms with Crippen molar-refractivity contribution in [2.24, 2.45) is 5.92 Å². The molecule has 3 radical (unpaired) electrons. The van der Waals surface area contributed by atoms with Gasteiger partial charge in [-0.05, 0) is 42.3 Å². The molecule has 2 fully saturated rings. The van der Waals surface area contributed by atoms with E-state index >= 15 is 0 Å². The molecule has 3 unspecified atom stereocenters. The zero-order chi connectivity index (χ0) is 36.0. The molecule has 0 saturated carbocycles. The van der Waals surface area contributed by atoms with Crippen LogP contribution in [-0.4, -0.2) is 76.3 Å². The number of aliphatic hydroxyl groups excluding tert-OH is 1. The minimum absolute atomic E-state index is 0. The molecule has 16 nitrogen and oxygen atoms in total. The number of nitrogens with one attached hydrogen (secondary N) is 2. The van der Waals surface area contributed by atoms with Gasteiger partial charge in [-0.2, -0.15) is 4.39 Å². The van der Waals surface area contributed by atoms with E-state index in [-0.39, 0.29) is 34.8 Å². The van der Waals surface area contributed by atoms with Gasteiger partial charge in [0, 0.05) is 25.8 Å². The van der Waals surface area contributed by atoms with Gasteiger partial charge < -0.3 is 23.6 Å². The number of H-pyrrole nitrogens is 1. The second-order valence-electron chi connectivity index (χ2n) is 10.8. The van der Waals surface area contributed by atoms with E-state index < -0.39 is 93.2 Å². The number of hydrogen-bond donors (Lipinski definition) is 4. The fourth-order valence-electron chi connectivity index (χ4n) is 5.26. The maximum atomic E-state index is 13.2. The summed E-state index contributed by atoms with van der Waals surface area (Å²) in [6, 6.07) is 6.84. The molecule has 6 rings (SSSR count). The predicted octanol–water partition coefficient (Wildman–Crippen LogP) is 3.41. The number of aromatic amines is 1. The van der Waals surface area contributed by atoms with Crippen LogP contribution in [0.5, 0.6) is 5.75 Å². The Morgan fingerprint density at radius 1 is 1.06 bits per heavy atom. The van der Waals surface area contributed by atoms with Crippen molar-refractivity contribution < 1.29 is 60.8 Å². The summed E-state index contributed by atoms with van der Waals surface area (Å²) in [6.45, 7) is 3.64. The van der Waals surface area contributed by atoms with E-state index in [1.807, 2.05) is 17.2 Å². The van der Waals surface area contributed by atoms with Crippen LogP contribution >= 0.6 is 27.2 Å². The average Bonchev–Trinajstić information content (AvgIpc) is 3.63. The highest BCUT2D eigenvalue weighted by molar-refractivity contribution is 7.76. The minimum Gasteiger partial charge on any atom is -0.426 e. The van der Waals surface area contributed by atoms with Crippen LogP contribution in [0.3, 0.4) is 0 Å². The van der Waals surface area contributed by atoms with E-state index in [4.69, 9.17) is 34.7 Å². The van der Waals surface area contributed by atoms with Crippen molar-refractivity contribution >= 4 is 53.4 Å². The summed E-state index contributed by atoms with van der Waals surface area (Å²) in [5, 5.41) is 11.6. The number of carbonyl (C=O) groups excluding carboxylic acids is 3. The van der Waals surface area contributed by atoms with Crippen LogP contribution in [0.25, 0.3) is 0 Å². The van der Waals surface area contributed by atoms with Gasteiger partial charge in [0.25, 0.3) is 11.5 Å². The largest absolute Gasteiger partial charge is 0.695 e. The molecule has 2 aromatic rings. The minimum atomic E-state index is -2.80. The van der Waals surface area contributed by atoms with Crippen molar-refractivity contribution in [3.8, 4) is 5.75 Å². The average molecular weight is 780 g/mol. The molecule has 2 amide bonds. The summed E-state index contributed by atoms with van der Waals surface area (Å²) in [6.07, 6.45) is -0.381. The quantitative estimate of drug-likeness (QED) is 0.188. The zero-order valence-electron chi connectivity index (χ0n) is 26.3. The lowest BCUT2D eigenvalue weighted by molar-refractivity contribution is -0.135. The fourth-order valence-corrected chi connectivity index (χ4v) is 6.70. The number of carbonyl (C=O) groups is 3. The molecule has 51 heavy (non-hydrogen) atoms. The standard InChI is InChI=1S/C11H14FNO4.C10H12FN2O6P.C7H4ClO3P.CH4.B/c1-2-8-7(14)4-9(17-8)5-3-6(12)11(16)13-10(5)15;1-2-6-7(19-20(16)17)3-8(18-6)13-4-5(11)9(14)12-10(13)15;8-12-10-6-4-2-1-3-5(6)7(9)11-12;;/h3,5,7-9,14H,2,4H2,1H3,(H,13,15,16);4,6-8H,2-3H2,1H3,(H-,12,14,15,16,17);1-4H;1H4;/p+1/t5?,7-,8-,9-;6-,7-,8-;;;/m11.../s1. The second kappa shape index (κ2) is 19.4. The summed E-state index contributed by atoms with van der Waals surface area (Å²) >= 11 is 5.54. The topological polar surface area (TPSA) is 222 Å². The van der Waals surface area contributed by atoms with Crippen molar-refractivity contribution in [3.63, 3.8) is 0 Å². The highest BCUT2D eigenvalue weighted by Gasteiger charge is 2.43. The van der Waals surface area contributed by atoms with Crippen LogP contribution in [0.15, 0.2) is 52.0 Å². The Morgan fingerprint density at radius 3 is 2.35 bits per heavy atom. The molecule has 0 spiro atoms. The molecule has 0 bridgehead atoms. The van der Waals surface area contributed by atoms with E-state index in [9.17, 15) is 42.4 Å². The normalized spacial score (nSPS) is 28.0. The number of amides is 2. The molecule has 2 saturated heterocycles. The molecule has 0 aliphatic carbocycles. The van der Waals surface area contributed by atoms with Gasteiger partial charge in [0.05, 0.1) is 36.5 Å². The first-order valence-electron chi connectivity index (χ1n) is 14.7. The Kier molecular flexibility index (Phi) is 16.7. The lowest BCUT2D eigenvalue weighted by atomic mass is 9.95. The highest BCUT2D eigenvalue weighted by Crippen LogP contribution is 2.49. The SMILES string of the molecule is C.CC[C@H]1O[C@@H](C2C=C(F)C(=O)NC2=O)C[C@H]1O.CC[C@H]1O[C@@H](n2cc(F)c(=O)[nH]c2=O)C[C@H]1O[P+](=O)O.O=C1OP(Cl)Oc2ccccc21.[B]. The summed E-state index contributed by atoms with van der Waals surface area (Å²) in [5.74, 6) is -4.46. The smallest absolute Gasteiger partial charge is 0.426 e. The Balaban J connectivity index is 0.000000267. The Hall–Kier alpha value is -3.41. The van der Waals surface area contributed by atoms with E-state index in [1.54, 1.807) is 31.2 Å². The van der Waals surface area contributed by atoms with Crippen molar-refractivity contribution in [2.75, 3.05) is 0 Å². The predicted molar refractivity (Wildman–Crippen MR) is 178 cm³/mol. The number of hydrogen-bond acceptors (Lipinski definition) is 12. The van der Waals surface area contributed by atoms with Crippen molar-refractivity contribution in [2.45, 2.75) is 83.7 Å². The molecule has 22 heteroatoms. The van der Waals surface area contributed by atoms with E-state index in [0.717, 1.165) is 16.8 Å². The molecular formula is C29H35BClF2N3O13P2+. The summed E-state index contributed by atoms with van der Waals surface area (Å²) < 4.78 is 63.5. The van der Waals surface area contributed by atoms with Gasteiger partial charge in [-0.3, -0.25) is 29.3 Å². The summed E-state index contributed by atoms with van der Waals surface area (Å²) in [5.41, 5.74) is -1.50. The molecule has 4 N–H and O–H groups in total. The number of benzene rings is 1. The van der Waals surface area contributed by atoms with Crippen LogP contribution in [0.1, 0.15) is 63.5 Å². The van der Waals surface area contributed by atoms with Gasteiger partial charge in [-0.25, -0.2) is 14.0 Å². The third-order valence-electron chi connectivity index (χ3n) is 7.61. The van der Waals surface area contributed by atoms with E-state index in [1.165, 1.54) is 0 Å². The second-order valence-corrected chi connectivity index (χ2v) is 13.1. The first-order valence-corrected chi connectivity index (χ1v) is 17.9. The first kappa shape index (κ1) is 43.8. The molecule has 1 aromatic heterocycles. The highest BCUT2D eigenvalue weighted by atomic mass is 35.7. The van der Waals surface area contributed by atoms with E-state index in [2.05, 4.69) is 4.52 Å². The number of fused-ring (bicyclic) bond motifs is 1. The third-order valence-corrected chi connectivity index (χ3v) is 9.13. The molecule has 4 aliphatic rings. The molecule has 4 aliphatic heterocycles. The Labute approximate surface area is 298 Å². The molecule has 1 aromatic carbocycles. The Bertz CT molecular complexity index is 1730. The summed E-state index contributed by atoms with van der Waals surface area (Å²) in [7, 11) is -4.39. The molecule has 9 atom stereocenters. The number of rotatable bonds is 6. The van der Waals surface area contributed by atoms with Crippen LogP contribution in [0.2, 0.25) is 0 Å². The fraction of sp³-hybridized carbons (Fsp3) is 0.483. The molecule has 277 valence electrons. The number of aliphatic hydroxyl groups is 1. The van der Waals surface area contributed by atoms with Gasteiger partial charge in [0.1, 0.15) is 23.6 Å². The van der Waals surface area contributed by atoms with Gasteiger partial charge in [0.15, 0.2) is 5.83 Å². The Morgan fingerprint density at radius 2 is 1.73 bits per heavy atom. The van der Waals surface area contributed by atoms with Crippen molar-refractivity contribution in [3.05, 3.63) is 74.6 Å².